The van der Waals surface area contributed by atoms with Crippen LogP contribution in [0.3, 0.4) is 0 Å². The molecule has 2 rings (SSSR count). The zero-order chi connectivity index (χ0) is 14.2. The molecule has 0 bridgehead atoms. The van der Waals surface area contributed by atoms with Gasteiger partial charge in [0.2, 0.25) is 5.91 Å². The average Bonchev–Trinajstić information content (AvgIpc) is 3.17. The van der Waals surface area contributed by atoms with Gasteiger partial charge in [0.05, 0.1) is 19.1 Å². The van der Waals surface area contributed by atoms with E-state index in [9.17, 15) is 9.90 Å². The number of carbonyl (C=O) groups excluding carboxylic acids is 1. The molecule has 1 aliphatic carbocycles. The van der Waals surface area contributed by atoms with E-state index < -0.39 is 5.41 Å². The van der Waals surface area contributed by atoms with Crippen molar-refractivity contribution in [2.45, 2.75) is 33.6 Å². The van der Waals surface area contributed by atoms with Crippen LogP contribution in [0.4, 0.5) is 5.69 Å². The molecule has 0 atom stereocenters. The first-order valence-corrected chi connectivity index (χ1v) is 6.52. The number of hydrogen-bond acceptors (Lipinski definition) is 3. The summed E-state index contributed by atoms with van der Waals surface area (Å²) in [7, 11) is 1.65. The molecule has 0 aliphatic heterocycles. The lowest BCUT2D eigenvalue weighted by Gasteiger charge is -2.18. The number of carbonyl (C=O) groups is 1. The van der Waals surface area contributed by atoms with Crippen molar-refractivity contribution in [2.24, 2.45) is 5.41 Å². The van der Waals surface area contributed by atoms with Crippen molar-refractivity contribution in [3.05, 3.63) is 22.8 Å². The standard InChI is InChI=1S/C15H21NO3/c1-9-7-12(10(2)11(3)13(9)19-4)16-14(18)15(8-17)5-6-15/h7,17H,5-6,8H2,1-4H3,(H,16,18). The van der Waals surface area contributed by atoms with E-state index in [4.69, 9.17) is 4.74 Å². The summed E-state index contributed by atoms with van der Waals surface area (Å²) in [5.41, 5.74) is 3.29. The summed E-state index contributed by atoms with van der Waals surface area (Å²) in [6, 6.07) is 1.92. The first-order chi connectivity index (χ1) is 8.95. The minimum absolute atomic E-state index is 0.0774. The fourth-order valence-corrected chi connectivity index (χ4v) is 2.37. The van der Waals surface area contributed by atoms with Gasteiger partial charge < -0.3 is 15.2 Å². The van der Waals surface area contributed by atoms with E-state index in [1.54, 1.807) is 7.11 Å². The first kappa shape index (κ1) is 13.9. The van der Waals surface area contributed by atoms with Crippen LogP contribution in [-0.2, 0) is 4.79 Å². The van der Waals surface area contributed by atoms with Crippen molar-refractivity contribution in [3.8, 4) is 5.75 Å². The molecule has 1 aliphatic rings. The van der Waals surface area contributed by atoms with Crippen LogP contribution in [0.25, 0.3) is 0 Å². The van der Waals surface area contributed by atoms with E-state index in [0.29, 0.717) is 0 Å². The zero-order valence-electron chi connectivity index (χ0n) is 12.0. The molecule has 1 aromatic rings. The Morgan fingerprint density at radius 1 is 1.37 bits per heavy atom. The average molecular weight is 263 g/mol. The third-order valence-corrected chi connectivity index (χ3v) is 4.12. The number of amides is 1. The van der Waals surface area contributed by atoms with Crippen LogP contribution in [0.1, 0.15) is 29.5 Å². The number of benzene rings is 1. The third-order valence-electron chi connectivity index (χ3n) is 4.12. The zero-order valence-corrected chi connectivity index (χ0v) is 12.0. The molecule has 2 N–H and O–H groups in total. The Labute approximate surface area is 113 Å². The lowest BCUT2D eigenvalue weighted by atomic mass is 10.0. The minimum atomic E-state index is -0.547. The van der Waals surface area contributed by atoms with Gasteiger partial charge in [-0.05, 0) is 56.4 Å². The molecule has 1 saturated carbocycles. The number of methoxy groups -OCH3 is 1. The summed E-state index contributed by atoms with van der Waals surface area (Å²) in [6.45, 7) is 5.83. The van der Waals surface area contributed by atoms with Gasteiger partial charge in [0.1, 0.15) is 5.75 Å². The van der Waals surface area contributed by atoms with Gasteiger partial charge in [-0.2, -0.15) is 0 Å². The lowest BCUT2D eigenvalue weighted by Crippen LogP contribution is -2.27. The van der Waals surface area contributed by atoms with E-state index in [0.717, 1.165) is 41.0 Å². The van der Waals surface area contributed by atoms with E-state index in [-0.39, 0.29) is 12.5 Å². The Morgan fingerprint density at radius 2 is 2.00 bits per heavy atom. The minimum Gasteiger partial charge on any atom is -0.496 e. The summed E-state index contributed by atoms with van der Waals surface area (Å²) in [6.07, 6.45) is 1.53. The number of aliphatic hydroxyl groups excluding tert-OH is 1. The molecule has 4 heteroatoms. The SMILES string of the molecule is COc1c(C)cc(NC(=O)C2(CO)CC2)c(C)c1C. The van der Waals surface area contributed by atoms with Gasteiger partial charge in [-0.1, -0.05) is 0 Å². The number of rotatable bonds is 4. The number of hydrogen-bond donors (Lipinski definition) is 2. The maximum atomic E-state index is 12.2. The summed E-state index contributed by atoms with van der Waals surface area (Å²) >= 11 is 0. The summed E-state index contributed by atoms with van der Waals surface area (Å²) in [5.74, 6) is 0.779. The highest BCUT2D eigenvalue weighted by molar-refractivity contribution is 5.98. The molecule has 0 heterocycles. The normalized spacial score (nSPS) is 16.1. The molecule has 4 nitrogen and oxygen atoms in total. The molecule has 0 saturated heterocycles. The van der Waals surface area contributed by atoms with Gasteiger partial charge in [0.25, 0.3) is 0 Å². The summed E-state index contributed by atoms with van der Waals surface area (Å²) < 4.78 is 5.36. The van der Waals surface area contributed by atoms with Crippen LogP contribution in [0.2, 0.25) is 0 Å². The van der Waals surface area contributed by atoms with Gasteiger partial charge in [-0.15, -0.1) is 0 Å². The van der Waals surface area contributed by atoms with Crippen LogP contribution >= 0.6 is 0 Å². The Kier molecular flexibility index (Phi) is 3.54. The van der Waals surface area contributed by atoms with E-state index >= 15 is 0 Å². The first-order valence-electron chi connectivity index (χ1n) is 6.52. The second kappa shape index (κ2) is 4.85. The highest BCUT2D eigenvalue weighted by Gasteiger charge is 2.49. The number of nitrogens with one attached hydrogen (secondary N) is 1. The van der Waals surface area contributed by atoms with Gasteiger partial charge in [0, 0.05) is 5.69 Å². The molecule has 0 unspecified atom stereocenters. The Morgan fingerprint density at radius 3 is 2.47 bits per heavy atom. The lowest BCUT2D eigenvalue weighted by molar-refractivity contribution is -0.122. The van der Waals surface area contributed by atoms with Crippen LogP contribution < -0.4 is 10.1 Å². The van der Waals surface area contributed by atoms with Gasteiger partial charge >= 0.3 is 0 Å². The van der Waals surface area contributed by atoms with Crippen LogP contribution in [0.15, 0.2) is 6.07 Å². The van der Waals surface area contributed by atoms with Crippen LogP contribution in [0, 0.1) is 26.2 Å². The van der Waals surface area contributed by atoms with Crippen molar-refractivity contribution in [2.75, 3.05) is 19.0 Å². The Bertz CT molecular complexity index is 519. The van der Waals surface area contributed by atoms with E-state index in [1.807, 2.05) is 26.8 Å². The fourth-order valence-electron chi connectivity index (χ4n) is 2.37. The Balaban J connectivity index is 2.29. The molecule has 19 heavy (non-hydrogen) atoms. The number of anilines is 1. The monoisotopic (exact) mass is 263 g/mol. The van der Waals surface area contributed by atoms with E-state index in [2.05, 4.69) is 5.32 Å². The largest absolute Gasteiger partial charge is 0.496 e. The van der Waals surface area contributed by atoms with Crippen molar-refractivity contribution >= 4 is 11.6 Å². The maximum Gasteiger partial charge on any atom is 0.232 e. The number of aryl methyl sites for hydroxylation is 1. The topological polar surface area (TPSA) is 58.6 Å². The quantitative estimate of drug-likeness (QED) is 0.876. The molecule has 0 radical (unpaired) electrons. The highest BCUT2D eigenvalue weighted by atomic mass is 16.5. The van der Waals surface area contributed by atoms with Crippen molar-refractivity contribution < 1.29 is 14.6 Å². The molecule has 0 aromatic heterocycles. The van der Waals surface area contributed by atoms with Gasteiger partial charge in [0.15, 0.2) is 0 Å². The van der Waals surface area contributed by atoms with E-state index in [1.165, 1.54) is 0 Å². The second-order valence-electron chi connectivity index (χ2n) is 5.42. The maximum absolute atomic E-state index is 12.2. The molecule has 1 aromatic carbocycles. The van der Waals surface area contributed by atoms with Crippen molar-refractivity contribution in [1.29, 1.82) is 0 Å². The highest BCUT2D eigenvalue weighted by Crippen LogP contribution is 2.46. The van der Waals surface area contributed by atoms with Crippen LogP contribution in [-0.4, -0.2) is 24.7 Å². The molecule has 0 spiro atoms. The predicted octanol–water partition coefficient (Wildman–Crippen LogP) is 2.33. The second-order valence-corrected chi connectivity index (χ2v) is 5.42. The molecule has 104 valence electrons. The molecule has 1 amide bonds. The smallest absolute Gasteiger partial charge is 0.232 e. The van der Waals surface area contributed by atoms with Crippen molar-refractivity contribution in [3.63, 3.8) is 0 Å². The van der Waals surface area contributed by atoms with Gasteiger partial charge in [-0.25, -0.2) is 0 Å². The molecular formula is C15H21NO3. The fraction of sp³-hybridized carbons (Fsp3) is 0.533. The van der Waals surface area contributed by atoms with Gasteiger partial charge in [-0.3, -0.25) is 4.79 Å². The molecule has 1 fully saturated rings. The summed E-state index contributed by atoms with van der Waals surface area (Å²) in [4.78, 5) is 12.2. The van der Waals surface area contributed by atoms with Crippen molar-refractivity contribution in [1.82, 2.24) is 0 Å². The number of aliphatic hydroxyl groups is 1. The number of ether oxygens (including phenoxy) is 1. The Hall–Kier alpha value is -1.55. The molecular weight excluding hydrogens is 242 g/mol. The predicted molar refractivity (Wildman–Crippen MR) is 74.6 cm³/mol. The summed E-state index contributed by atoms with van der Waals surface area (Å²) in [5, 5.41) is 12.2. The third kappa shape index (κ3) is 2.32. The van der Waals surface area contributed by atoms with Crippen LogP contribution in [0.5, 0.6) is 5.75 Å².